The summed E-state index contributed by atoms with van der Waals surface area (Å²) in [6.07, 6.45) is 1.53. The normalized spacial score (nSPS) is 14.9. The number of imide groups is 1. The van der Waals surface area contributed by atoms with E-state index >= 15 is 0 Å². The van der Waals surface area contributed by atoms with Gasteiger partial charge in [0.25, 0.3) is 17.1 Å². The summed E-state index contributed by atoms with van der Waals surface area (Å²) in [6, 6.07) is 10.4. The molecule has 30 heavy (non-hydrogen) atoms. The molecule has 0 atom stereocenters. The summed E-state index contributed by atoms with van der Waals surface area (Å²) in [5.41, 5.74) is 0.922. The minimum absolute atomic E-state index is 0.0234. The van der Waals surface area contributed by atoms with Crippen LogP contribution in [-0.4, -0.2) is 49.3 Å². The number of amides is 3. The molecule has 156 valence electrons. The zero-order valence-corrected chi connectivity index (χ0v) is 17.1. The van der Waals surface area contributed by atoms with Gasteiger partial charge in [-0.2, -0.15) is 0 Å². The Morgan fingerprint density at radius 2 is 1.87 bits per heavy atom. The summed E-state index contributed by atoms with van der Waals surface area (Å²) >= 11 is 0.804. The zero-order valence-electron chi connectivity index (χ0n) is 16.3. The number of thioether (sulfide) groups is 1. The molecule has 1 N–H and O–H groups in total. The summed E-state index contributed by atoms with van der Waals surface area (Å²) < 4.78 is 23.3. The first-order chi connectivity index (χ1) is 14.4. The van der Waals surface area contributed by atoms with Crippen molar-refractivity contribution in [3.8, 4) is 11.5 Å². The Morgan fingerprint density at radius 3 is 2.53 bits per heavy atom. The Bertz CT molecular complexity index is 1010. The second-order valence-corrected chi connectivity index (χ2v) is 7.20. The molecular weight excluding hydrogens is 411 g/mol. The fourth-order valence-electron chi connectivity index (χ4n) is 2.77. The minimum atomic E-state index is -0.453. The SMILES string of the molecule is COc1ccc(C(=O)NCCN2C(=O)S/C(=C\c3ccc(F)cc3)C2=O)c(OC)c1. The van der Waals surface area contributed by atoms with Crippen molar-refractivity contribution in [3.63, 3.8) is 0 Å². The highest BCUT2D eigenvalue weighted by Gasteiger charge is 2.34. The van der Waals surface area contributed by atoms with Crippen LogP contribution in [-0.2, 0) is 4.79 Å². The number of carbonyl (C=O) groups excluding carboxylic acids is 3. The standard InChI is InChI=1S/C21H19FN2O5S/c1-28-15-7-8-16(17(12-15)29-2)19(25)23-9-10-24-20(26)18(30-21(24)27)11-13-3-5-14(22)6-4-13/h3-8,11-12H,9-10H2,1-2H3,(H,23,25)/b18-11-. The van der Waals surface area contributed by atoms with Gasteiger partial charge in [-0.25, -0.2) is 4.39 Å². The van der Waals surface area contributed by atoms with Gasteiger partial charge in [0.05, 0.1) is 24.7 Å². The van der Waals surface area contributed by atoms with Gasteiger partial charge in [-0.05, 0) is 47.7 Å². The maximum atomic E-state index is 13.0. The minimum Gasteiger partial charge on any atom is -0.497 e. The van der Waals surface area contributed by atoms with Gasteiger partial charge in [0, 0.05) is 19.2 Å². The zero-order chi connectivity index (χ0) is 21.7. The molecule has 1 fully saturated rings. The highest BCUT2D eigenvalue weighted by molar-refractivity contribution is 8.18. The number of ether oxygens (including phenoxy) is 2. The molecule has 0 radical (unpaired) electrons. The van der Waals surface area contributed by atoms with Crippen LogP contribution in [0.2, 0.25) is 0 Å². The lowest BCUT2D eigenvalue weighted by atomic mass is 10.1. The van der Waals surface area contributed by atoms with Gasteiger partial charge in [0.1, 0.15) is 17.3 Å². The maximum Gasteiger partial charge on any atom is 0.293 e. The highest BCUT2D eigenvalue weighted by atomic mass is 32.2. The predicted molar refractivity (Wildman–Crippen MR) is 111 cm³/mol. The number of benzene rings is 2. The van der Waals surface area contributed by atoms with Crippen LogP contribution in [0, 0.1) is 5.82 Å². The first-order valence-corrected chi connectivity index (χ1v) is 9.75. The second-order valence-electron chi connectivity index (χ2n) is 6.21. The van der Waals surface area contributed by atoms with Gasteiger partial charge in [-0.1, -0.05) is 12.1 Å². The number of nitrogens with one attached hydrogen (secondary N) is 1. The highest BCUT2D eigenvalue weighted by Crippen LogP contribution is 2.32. The molecule has 1 aliphatic rings. The average Bonchev–Trinajstić information content (AvgIpc) is 3.02. The summed E-state index contributed by atoms with van der Waals surface area (Å²) in [5.74, 6) is -0.340. The van der Waals surface area contributed by atoms with Crippen molar-refractivity contribution in [1.29, 1.82) is 0 Å². The van der Waals surface area contributed by atoms with E-state index in [9.17, 15) is 18.8 Å². The molecule has 1 saturated heterocycles. The van der Waals surface area contributed by atoms with Crippen LogP contribution in [0.15, 0.2) is 47.4 Å². The number of methoxy groups -OCH3 is 2. The lowest BCUT2D eigenvalue weighted by molar-refractivity contribution is -0.122. The van der Waals surface area contributed by atoms with E-state index in [1.165, 1.54) is 44.6 Å². The molecule has 9 heteroatoms. The molecule has 0 aromatic heterocycles. The fraction of sp³-hybridized carbons (Fsp3) is 0.190. The second kappa shape index (κ2) is 9.45. The lowest BCUT2D eigenvalue weighted by Crippen LogP contribution is -2.37. The monoisotopic (exact) mass is 430 g/mol. The van der Waals surface area contributed by atoms with Gasteiger partial charge < -0.3 is 14.8 Å². The van der Waals surface area contributed by atoms with Crippen molar-refractivity contribution >= 4 is 34.9 Å². The number of halogens is 1. The Morgan fingerprint density at radius 1 is 1.13 bits per heavy atom. The van der Waals surface area contributed by atoms with Gasteiger partial charge in [-0.15, -0.1) is 0 Å². The van der Waals surface area contributed by atoms with Crippen molar-refractivity contribution in [2.45, 2.75) is 0 Å². The number of hydrogen-bond donors (Lipinski definition) is 1. The Kier molecular flexibility index (Phi) is 6.73. The molecule has 3 amide bonds. The van der Waals surface area contributed by atoms with Crippen molar-refractivity contribution in [3.05, 3.63) is 64.3 Å². The van der Waals surface area contributed by atoms with Crippen LogP contribution in [0.5, 0.6) is 11.5 Å². The quantitative estimate of drug-likeness (QED) is 0.679. The topological polar surface area (TPSA) is 84.9 Å². The Hall–Kier alpha value is -3.33. The van der Waals surface area contributed by atoms with Crippen LogP contribution in [0.25, 0.3) is 6.08 Å². The van der Waals surface area contributed by atoms with Crippen LogP contribution in [0.3, 0.4) is 0 Å². The molecule has 0 unspecified atom stereocenters. The van der Waals surface area contributed by atoms with E-state index in [1.807, 2.05) is 0 Å². The van der Waals surface area contributed by atoms with E-state index in [2.05, 4.69) is 5.32 Å². The number of rotatable bonds is 7. The Labute approximate surface area is 176 Å². The molecule has 7 nitrogen and oxygen atoms in total. The van der Waals surface area contributed by atoms with E-state index in [0.717, 1.165) is 16.7 Å². The fourth-order valence-corrected chi connectivity index (χ4v) is 3.63. The molecule has 0 aliphatic carbocycles. The molecule has 2 aromatic carbocycles. The van der Waals surface area contributed by atoms with E-state index in [-0.39, 0.29) is 23.8 Å². The van der Waals surface area contributed by atoms with Crippen molar-refractivity contribution in [1.82, 2.24) is 10.2 Å². The van der Waals surface area contributed by atoms with Crippen molar-refractivity contribution in [2.75, 3.05) is 27.3 Å². The first kappa shape index (κ1) is 21.4. The summed E-state index contributed by atoms with van der Waals surface area (Å²) in [7, 11) is 2.95. The van der Waals surface area contributed by atoms with E-state index in [4.69, 9.17) is 9.47 Å². The van der Waals surface area contributed by atoms with E-state index in [0.29, 0.717) is 22.6 Å². The Balaban J connectivity index is 1.61. The van der Waals surface area contributed by atoms with Gasteiger partial charge in [-0.3, -0.25) is 19.3 Å². The third kappa shape index (κ3) is 4.80. The van der Waals surface area contributed by atoms with Gasteiger partial charge in [0.2, 0.25) is 0 Å². The van der Waals surface area contributed by atoms with Gasteiger partial charge in [0.15, 0.2) is 0 Å². The third-order valence-electron chi connectivity index (χ3n) is 4.32. The van der Waals surface area contributed by atoms with Crippen molar-refractivity contribution in [2.24, 2.45) is 0 Å². The molecule has 2 aromatic rings. The average molecular weight is 430 g/mol. The largest absolute Gasteiger partial charge is 0.497 e. The smallest absolute Gasteiger partial charge is 0.293 e. The van der Waals surface area contributed by atoms with Crippen LogP contribution >= 0.6 is 11.8 Å². The van der Waals surface area contributed by atoms with Crippen LogP contribution < -0.4 is 14.8 Å². The van der Waals surface area contributed by atoms with Crippen molar-refractivity contribution < 1.29 is 28.2 Å². The first-order valence-electron chi connectivity index (χ1n) is 8.94. The van der Waals surface area contributed by atoms with Gasteiger partial charge >= 0.3 is 0 Å². The predicted octanol–water partition coefficient (Wildman–Crippen LogP) is 3.31. The molecule has 0 saturated carbocycles. The number of nitrogens with zero attached hydrogens (tertiary/aromatic N) is 1. The molecular formula is C21H19FN2O5S. The van der Waals surface area contributed by atoms with E-state index < -0.39 is 17.1 Å². The van der Waals surface area contributed by atoms with E-state index in [1.54, 1.807) is 18.2 Å². The summed E-state index contributed by atoms with van der Waals surface area (Å²) in [5, 5.41) is 2.25. The lowest BCUT2D eigenvalue weighted by Gasteiger charge is -2.14. The summed E-state index contributed by atoms with van der Waals surface area (Å²) in [4.78, 5) is 38.4. The number of carbonyl (C=O) groups is 3. The molecule has 3 rings (SSSR count). The summed E-state index contributed by atoms with van der Waals surface area (Å²) in [6.45, 7) is 0.103. The molecule has 1 aliphatic heterocycles. The van der Waals surface area contributed by atoms with Crippen LogP contribution in [0.4, 0.5) is 9.18 Å². The molecule has 0 spiro atoms. The van der Waals surface area contributed by atoms with Crippen LogP contribution in [0.1, 0.15) is 15.9 Å². The third-order valence-corrected chi connectivity index (χ3v) is 5.22. The molecule has 1 heterocycles. The number of hydrogen-bond acceptors (Lipinski definition) is 6. The maximum absolute atomic E-state index is 13.0. The molecule has 0 bridgehead atoms.